The predicted molar refractivity (Wildman–Crippen MR) is 49.3 cm³/mol. The van der Waals surface area contributed by atoms with Crippen LogP contribution in [0, 0.1) is 0 Å². The Morgan fingerprint density at radius 1 is 1.69 bits per heavy atom. The molecule has 0 aromatic carbocycles. The number of aryl methyl sites for hydroxylation is 1. The second-order valence-electron chi connectivity index (χ2n) is 2.96. The minimum Gasteiger partial charge on any atom is -0.311 e. The van der Waals surface area contributed by atoms with E-state index in [2.05, 4.69) is 20.8 Å². The van der Waals surface area contributed by atoms with Crippen molar-refractivity contribution in [3.05, 3.63) is 11.9 Å². The molecule has 0 radical (unpaired) electrons. The van der Waals surface area contributed by atoms with E-state index in [9.17, 15) is 0 Å². The normalized spacial score (nSPS) is 22.9. The van der Waals surface area contributed by atoms with Crippen molar-refractivity contribution < 1.29 is 0 Å². The molecule has 1 aromatic rings. The van der Waals surface area contributed by atoms with Crippen molar-refractivity contribution in [3.8, 4) is 0 Å². The number of nitrogens with zero attached hydrogens (tertiary/aromatic N) is 4. The van der Waals surface area contributed by atoms with Gasteiger partial charge in [-0.1, -0.05) is 6.08 Å². The minimum absolute atomic E-state index is 0.0282. The van der Waals surface area contributed by atoms with Gasteiger partial charge in [-0.05, 0) is 10.4 Å². The van der Waals surface area contributed by atoms with E-state index < -0.39 is 0 Å². The number of halogens is 1. The summed E-state index contributed by atoms with van der Waals surface area (Å²) in [4.78, 5) is 0. The van der Waals surface area contributed by atoms with Crippen LogP contribution in [0.1, 0.15) is 5.82 Å². The quantitative estimate of drug-likeness (QED) is 0.637. The maximum Gasteiger partial charge on any atom is 0.178 e. The molecule has 5 nitrogen and oxygen atoms in total. The molecule has 1 aliphatic heterocycles. The number of nitrogens with one attached hydrogen (secondary N) is 1. The lowest BCUT2D eigenvalue weighted by molar-refractivity contribution is 0.692. The smallest absolute Gasteiger partial charge is 0.178 e. The molecule has 0 saturated heterocycles. The first kappa shape index (κ1) is 8.65. The van der Waals surface area contributed by atoms with Crippen LogP contribution in [0.2, 0.25) is 0 Å². The molecule has 0 fully saturated rings. The average molecular weight is 200 g/mol. The maximum absolute atomic E-state index is 5.96. The van der Waals surface area contributed by atoms with Crippen LogP contribution in [0.5, 0.6) is 0 Å². The number of hydrogen-bond acceptors (Lipinski definition) is 4. The summed E-state index contributed by atoms with van der Waals surface area (Å²) in [5.41, 5.74) is 1.05. The summed E-state index contributed by atoms with van der Waals surface area (Å²) in [6.45, 7) is 1.58. The predicted octanol–water partition coefficient (Wildman–Crippen LogP) is -0.196. The van der Waals surface area contributed by atoms with Crippen molar-refractivity contribution in [2.75, 3.05) is 13.1 Å². The first-order valence-corrected chi connectivity index (χ1v) is 4.49. The zero-order valence-electron chi connectivity index (χ0n) is 7.24. The second-order valence-corrected chi connectivity index (χ2v) is 3.53. The molecule has 0 saturated carbocycles. The van der Waals surface area contributed by atoms with E-state index in [-0.39, 0.29) is 5.38 Å². The van der Waals surface area contributed by atoms with Gasteiger partial charge < -0.3 is 5.32 Å². The van der Waals surface area contributed by atoms with Crippen molar-refractivity contribution in [2.24, 2.45) is 7.05 Å². The zero-order valence-corrected chi connectivity index (χ0v) is 7.99. The highest BCUT2D eigenvalue weighted by molar-refractivity contribution is 6.22. The van der Waals surface area contributed by atoms with Gasteiger partial charge in [0.2, 0.25) is 0 Å². The van der Waals surface area contributed by atoms with E-state index in [4.69, 9.17) is 11.6 Å². The summed E-state index contributed by atoms with van der Waals surface area (Å²) >= 11 is 5.96. The number of rotatable bonds is 1. The van der Waals surface area contributed by atoms with E-state index >= 15 is 0 Å². The van der Waals surface area contributed by atoms with Crippen molar-refractivity contribution in [3.63, 3.8) is 0 Å². The third-order valence-electron chi connectivity index (χ3n) is 1.94. The van der Waals surface area contributed by atoms with Gasteiger partial charge in [0.05, 0.1) is 5.38 Å². The number of tetrazole rings is 1. The van der Waals surface area contributed by atoms with Crippen molar-refractivity contribution >= 4 is 17.2 Å². The van der Waals surface area contributed by atoms with Gasteiger partial charge in [-0.3, -0.25) is 0 Å². The van der Waals surface area contributed by atoms with E-state index in [1.807, 2.05) is 13.1 Å². The van der Waals surface area contributed by atoms with Crippen LogP contribution in [0.15, 0.2) is 6.08 Å². The Morgan fingerprint density at radius 2 is 2.54 bits per heavy atom. The van der Waals surface area contributed by atoms with Gasteiger partial charge in [0.25, 0.3) is 0 Å². The molecule has 1 N–H and O–H groups in total. The highest BCUT2D eigenvalue weighted by Crippen LogP contribution is 2.15. The summed E-state index contributed by atoms with van der Waals surface area (Å²) in [7, 11) is 1.81. The summed E-state index contributed by atoms with van der Waals surface area (Å²) in [5, 5.41) is 14.5. The molecule has 1 aromatic heterocycles. The Bertz CT molecular complexity index is 331. The van der Waals surface area contributed by atoms with Crippen molar-refractivity contribution in [1.29, 1.82) is 0 Å². The standard InChI is InChI=1S/C7H10ClN5/c1-13-7(10-11-12-13)5-2-6(8)4-9-3-5/h2,6,9H,3-4H2,1H3. The molecule has 2 rings (SSSR count). The molecule has 0 bridgehead atoms. The lowest BCUT2D eigenvalue weighted by Gasteiger charge is -2.16. The fraction of sp³-hybridized carbons (Fsp3) is 0.571. The fourth-order valence-electron chi connectivity index (χ4n) is 1.34. The molecule has 0 aliphatic carbocycles. The van der Waals surface area contributed by atoms with Crippen molar-refractivity contribution in [1.82, 2.24) is 25.5 Å². The third kappa shape index (κ3) is 1.71. The lowest BCUT2D eigenvalue weighted by Crippen LogP contribution is -2.29. The Hall–Kier alpha value is -0.940. The van der Waals surface area contributed by atoms with Crippen molar-refractivity contribution in [2.45, 2.75) is 5.38 Å². The van der Waals surface area contributed by atoms with Crippen LogP contribution in [-0.4, -0.2) is 38.7 Å². The molecule has 2 heterocycles. The van der Waals surface area contributed by atoms with Crippen LogP contribution in [0.3, 0.4) is 0 Å². The van der Waals surface area contributed by atoms with Crippen LogP contribution >= 0.6 is 11.6 Å². The van der Waals surface area contributed by atoms with E-state index in [1.165, 1.54) is 0 Å². The van der Waals surface area contributed by atoms with Gasteiger partial charge in [0.15, 0.2) is 5.82 Å². The summed E-state index contributed by atoms with van der Waals surface area (Å²) in [5.74, 6) is 0.776. The Kier molecular flexibility index (Phi) is 2.28. The topological polar surface area (TPSA) is 55.6 Å². The average Bonchev–Trinajstić information content (AvgIpc) is 2.51. The highest BCUT2D eigenvalue weighted by Gasteiger charge is 2.15. The van der Waals surface area contributed by atoms with Crippen LogP contribution in [0.4, 0.5) is 0 Å². The fourth-order valence-corrected chi connectivity index (χ4v) is 1.60. The maximum atomic E-state index is 5.96. The number of alkyl halides is 1. The van der Waals surface area contributed by atoms with E-state index in [1.54, 1.807) is 4.68 Å². The molecule has 0 spiro atoms. The summed E-state index contributed by atoms with van der Waals surface area (Å²) in [6.07, 6.45) is 1.99. The van der Waals surface area contributed by atoms with Gasteiger partial charge in [0, 0.05) is 25.7 Å². The highest BCUT2D eigenvalue weighted by atomic mass is 35.5. The first-order valence-electron chi connectivity index (χ1n) is 4.05. The first-order chi connectivity index (χ1) is 6.27. The van der Waals surface area contributed by atoms with Gasteiger partial charge in [-0.15, -0.1) is 16.7 Å². The van der Waals surface area contributed by atoms with E-state index in [0.717, 1.165) is 24.5 Å². The Morgan fingerprint density at radius 3 is 3.15 bits per heavy atom. The van der Waals surface area contributed by atoms with Crippen LogP contribution in [0.25, 0.3) is 5.57 Å². The monoisotopic (exact) mass is 199 g/mol. The number of hydrogen-bond donors (Lipinski definition) is 1. The lowest BCUT2D eigenvalue weighted by atomic mass is 10.1. The molecule has 1 aliphatic rings. The molecular weight excluding hydrogens is 190 g/mol. The molecular formula is C7H10ClN5. The van der Waals surface area contributed by atoms with Crippen LogP contribution in [-0.2, 0) is 7.05 Å². The molecule has 0 amide bonds. The van der Waals surface area contributed by atoms with Gasteiger partial charge in [0.1, 0.15) is 0 Å². The number of aromatic nitrogens is 4. The SMILES string of the molecule is Cn1nnnc1C1=CC(Cl)CNC1. The van der Waals surface area contributed by atoms with E-state index in [0.29, 0.717) is 0 Å². The largest absolute Gasteiger partial charge is 0.311 e. The molecule has 1 atom stereocenters. The van der Waals surface area contributed by atoms with Crippen LogP contribution < -0.4 is 5.32 Å². The third-order valence-corrected chi connectivity index (χ3v) is 2.22. The Balaban J connectivity index is 2.30. The molecule has 70 valence electrons. The zero-order chi connectivity index (χ0) is 9.26. The Labute approximate surface area is 80.8 Å². The van der Waals surface area contributed by atoms with Gasteiger partial charge >= 0.3 is 0 Å². The van der Waals surface area contributed by atoms with Gasteiger partial charge in [-0.2, -0.15) is 0 Å². The second kappa shape index (κ2) is 3.43. The minimum atomic E-state index is 0.0282. The van der Waals surface area contributed by atoms with Gasteiger partial charge in [-0.25, -0.2) is 4.68 Å². The molecule has 6 heteroatoms. The summed E-state index contributed by atoms with van der Waals surface area (Å²) in [6, 6.07) is 0. The molecule has 1 unspecified atom stereocenters. The molecule has 13 heavy (non-hydrogen) atoms. The summed E-state index contributed by atoms with van der Waals surface area (Å²) < 4.78 is 1.64.